The molecule has 1 aliphatic carbocycles. The lowest BCUT2D eigenvalue weighted by atomic mass is 9.74. The molecule has 1 atom stereocenters. The fourth-order valence-corrected chi connectivity index (χ4v) is 3.46. The van der Waals surface area contributed by atoms with Gasteiger partial charge in [-0.2, -0.15) is 11.3 Å². The Morgan fingerprint density at radius 2 is 2.18 bits per heavy atom. The van der Waals surface area contributed by atoms with Gasteiger partial charge in [0.05, 0.1) is 0 Å². The minimum Gasteiger partial charge on any atom is -0.396 e. The summed E-state index contributed by atoms with van der Waals surface area (Å²) < 4.78 is 0. The van der Waals surface area contributed by atoms with E-state index in [0.717, 1.165) is 6.54 Å². The summed E-state index contributed by atoms with van der Waals surface area (Å²) in [6.07, 6.45) is 6.23. The second-order valence-corrected chi connectivity index (χ2v) is 6.16. The van der Waals surface area contributed by atoms with E-state index in [4.69, 9.17) is 0 Å². The van der Waals surface area contributed by atoms with Crippen molar-refractivity contribution in [2.75, 3.05) is 13.2 Å². The van der Waals surface area contributed by atoms with Crippen molar-refractivity contribution in [1.29, 1.82) is 0 Å². The van der Waals surface area contributed by atoms with Crippen LogP contribution < -0.4 is 5.32 Å². The summed E-state index contributed by atoms with van der Waals surface area (Å²) in [6.45, 7) is 3.48. The molecule has 0 amide bonds. The van der Waals surface area contributed by atoms with Gasteiger partial charge in [-0.1, -0.05) is 19.3 Å². The SMILES string of the molecule is CC(NCC1(CO)CCCCC1)c1ccsc1. The largest absolute Gasteiger partial charge is 0.396 e. The second-order valence-electron chi connectivity index (χ2n) is 5.38. The molecule has 1 aliphatic rings. The van der Waals surface area contributed by atoms with Gasteiger partial charge >= 0.3 is 0 Å². The van der Waals surface area contributed by atoms with E-state index >= 15 is 0 Å². The highest BCUT2D eigenvalue weighted by Crippen LogP contribution is 2.35. The van der Waals surface area contributed by atoms with Crippen molar-refractivity contribution in [1.82, 2.24) is 5.32 Å². The van der Waals surface area contributed by atoms with Crippen LogP contribution in [0.1, 0.15) is 50.6 Å². The number of hydrogen-bond acceptors (Lipinski definition) is 3. The Kier molecular flexibility index (Phi) is 4.60. The molecule has 3 heteroatoms. The van der Waals surface area contributed by atoms with Crippen LogP contribution in [0.3, 0.4) is 0 Å². The van der Waals surface area contributed by atoms with Crippen molar-refractivity contribution < 1.29 is 5.11 Å². The Bertz CT molecular complexity index is 317. The van der Waals surface area contributed by atoms with Crippen molar-refractivity contribution in [3.05, 3.63) is 22.4 Å². The molecule has 0 aromatic carbocycles. The average molecular weight is 253 g/mol. The summed E-state index contributed by atoms with van der Waals surface area (Å²) in [7, 11) is 0. The lowest BCUT2D eigenvalue weighted by Crippen LogP contribution is -2.39. The first-order valence-electron chi connectivity index (χ1n) is 6.62. The van der Waals surface area contributed by atoms with E-state index in [-0.39, 0.29) is 5.41 Å². The zero-order valence-electron chi connectivity index (χ0n) is 10.6. The molecule has 17 heavy (non-hydrogen) atoms. The monoisotopic (exact) mass is 253 g/mol. The van der Waals surface area contributed by atoms with E-state index in [2.05, 4.69) is 29.1 Å². The molecule has 1 aromatic rings. The number of rotatable bonds is 5. The van der Waals surface area contributed by atoms with Gasteiger partial charge in [-0.25, -0.2) is 0 Å². The first-order chi connectivity index (χ1) is 8.26. The van der Waals surface area contributed by atoms with Crippen LogP contribution >= 0.6 is 11.3 Å². The van der Waals surface area contributed by atoms with Crippen LogP contribution in [-0.4, -0.2) is 18.3 Å². The van der Waals surface area contributed by atoms with Gasteiger partial charge in [-0.15, -0.1) is 0 Å². The molecule has 0 saturated heterocycles. The minimum absolute atomic E-state index is 0.141. The summed E-state index contributed by atoms with van der Waals surface area (Å²) in [5, 5.41) is 17.6. The molecule has 1 unspecified atom stereocenters. The van der Waals surface area contributed by atoms with Crippen LogP contribution in [0.25, 0.3) is 0 Å². The molecule has 2 nitrogen and oxygen atoms in total. The molecule has 1 saturated carbocycles. The standard InChI is InChI=1S/C14H23NOS/c1-12(13-5-8-17-9-13)15-10-14(11-16)6-3-2-4-7-14/h5,8-9,12,15-16H,2-4,6-7,10-11H2,1H3. The van der Waals surface area contributed by atoms with Crippen LogP contribution in [0, 0.1) is 5.41 Å². The fraction of sp³-hybridized carbons (Fsp3) is 0.714. The quantitative estimate of drug-likeness (QED) is 0.843. The molecule has 2 N–H and O–H groups in total. The number of hydrogen-bond donors (Lipinski definition) is 2. The Morgan fingerprint density at radius 3 is 2.76 bits per heavy atom. The maximum absolute atomic E-state index is 9.65. The van der Waals surface area contributed by atoms with Gasteiger partial charge in [-0.3, -0.25) is 0 Å². The van der Waals surface area contributed by atoms with Gasteiger partial charge in [-0.05, 0) is 42.2 Å². The zero-order valence-corrected chi connectivity index (χ0v) is 11.4. The molecular formula is C14H23NOS. The predicted molar refractivity (Wildman–Crippen MR) is 73.3 cm³/mol. The van der Waals surface area contributed by atoms with Gasteiger partial charge in [0.2, 0.25) is 0 Å². The molecule has 1 aromatic heterocycles. The molecular weight excluding hydrogens is 230 g/mol. The highest BCUT2D eigenvalue weighted by Gasteiger charge is 2.31. The molecule has 96 valence electrons. The third-order valence-corrected chi connectivity index (χ3v) is 4.78. The summed E-state index contributed by atoms with van der Waals surface area (Å²) in [6, 6.07) is 2.57. The number of nitrogens with one attached hydrogen (secondary N) is 1. The topological polar surface area (TPSA) is 32.3 Å². The number of aliphatic hydroxyl groups excluding tert-OH is 1. The van der Waals surface area contributed by atoms with E-state index in [0.29, 0.717) is 12.6 Å². The highest BCUT2D eigenvalue weighted by molar-refractivity contribution is 7.07. The first kappa shape index (κ1) is 13.1. The van der Waals surface area contributed by atoms with Crippen LogP contribution in [0.15, 0.2) is 16.8 Å². The third kappa shape index (κ3) is 3.30. The number of thiophene rings is 1. The fourth-order valence-electron chi connectivity index (χ4n) is 2.70. The van der Waals surface area contributed by atoms with Crippen molar-refractivity contribution in [3.63, 3.8) is 0 Å². The summed E-state index contributed by atoms with van der Waals surface area (Å²) in [5.41, 5.74) is 1.50. The number of aliphatic hydroxyl groups is 1. The van der Waals surface area contributed by atoms with Crippen LogP contribution in [0.5, 0.6) is 0 Å². The average Bonchev–Trinajstić information content (AvgIpc) is 2.91. The smallest absolute Gasteiger partial charge is 0.0499 e. The van der Waals surface area contributed by atoms with Crippen molar-refractivity contribution >= 4 is 11.3 Å². The maximum atomic E-state index is 9.65. The molecule has 2 rings (SSSR count). The Labute approximate surface area is 108 Å². The van der Waals surface area contributed by atoms with E-state index in [1.54, 1.807) is 11.3 Å². The lowest BCUT2D eigenvalue weighted by Gasteiger charge is -2.36. The predicted octanol–water partition coefficient (Wildman–Crippen LogP) is 3.34. The summed E-state index contributed by atoms with van der Waals surface area (Å²) in [5.74, 6) is 0. The van der Waals surface area contributed by atoms with Crippen molar-refractivity contribution in [3.8, 4) is 0 Å². The van der Waals surface area contributed by atoms with Gasteiger partial charge in [0.1, 0.15) is 0 Å². The normalized spacial score (nSPS) is 21.3. The maximum Gasteiger partial charge on any atom is 0.0499 e. The van der Waals surface area contributed by atoms with E-state index in [1.807, 2.05) is 0 Å². The Hall–Kier alpha value is -0.380. The highest BCUT2D eigenvalue weighted by atomic mass is 32.1. The molecule has 1 fully saturated rings. The van der Waals surface area contributed by atoms with Crippen molar-refractivity contribution in [2.45, 2.75) is 45.1 Å². The van der Waals surface area contributed by atoms with Gasteiger partial charge in [0.25, 0.3) is 0 Å². The lowest BCUT2D eigenvalue weighted by molar-refractivity contribution is 0.0789. The molecule has 0 spiro atoms. The van der Waals surface area contributed by atoms with Crippen LogP contribution in [0.4, 0.5) is 0 Å². The summed E-state index contributed by atoms with van der Waals surface area (Å²) in [4.78, 5) is 0. The minimum atomic E-state index is 0.141. The third-order valence-electron chi connectivity index (χ3n) is 4.08. The van der Waals surface area contributed by atoms with E-state index in [9.17, 15) is 5.11 Å². The van der Waals surface area contributed by atoms with Crippen LogP contribution in [0.2, 0.25) is 0 Å². The second kappa shape index (κ2) is 5.98. The molecule has 1 heterocycles. The Morgan fingerprint density at radius 1 is 1.41 bits per heavy atom. The van der Waals surface area contributed by atoms with Crippen LogP contribution in [-0.2, 0) is 0 Å². The van der Waals surface area contributed by atoms with E-state index in [1.165, 1.54) is 37.7 Å². The van der Waals surface area contributed by atoms with E-state index < -0.39 is 0 Å². The van der Waals surface area contributed by atoms with Crippen molar-refractivity contribution in [2.24, 2.45) is 5.41 Å². The molecule has 0 aliphatic heterocycles. The molecule has 0 radical (unpaired) electrons. The zero-order chi connectivity index (χ0) is 12.1. The molecule has 0 bridgehead atoms. The first-order valence-corrected chi connectivity index (χ1v) is 7.56. The van der Waals surface area contributed by atoms with Gasteiger partial charge < -0.3 is 10.4 Å². The summed E-state index contributed by atoms with van der Waals surface area (Å²) >= 11 is 1.74. The van der Waals surface area contributed by atoms with Gasteiger partial charge in [0, 0.05) is 24.6 Å². The van der Waals surface area contributed by atoms with Gasteiger partial charge in [0.15, 0.2) is 0 Å². The Balaban J connectivity index is 1.87.